The summed E-state index contributed by atoms with van der Waals surface area (Å²) in [5.74, 6) is 0.852. The monoisotopic (exact) mass is 367 g/mol. The molecular formula is C15H21N5O2S2. The molecule has 24 heavy (non-hydrogen) atoms. The first-order chi connectivity index (χ1) is 11.6. The van der Waals surface area contributed by atoms with Crippen LogP contribution in [0, 0.1) is 6.92 Å². The van der Waals surface area contributed by atoms with E-state index in [4.69, 9.17) is 10.5 Å². The van der Waals surface area contributed by atoms with Gasteiger partial charge in [-0.15, -0.1) is 11.3 Å². The van der Waals surface area contributed by atoms with E-state index >= 15 is 0 Å². The van der Waals surface area contributed by atoms with Gasteiger partial charge >= 0.3 is 0 Å². The van der Waals surface area contributed by atoms with Crippen molar-refractivity contribution in [2.75, 3.05) is 31.7 Å². The number of thiazole rings is 1. The highest BCUT2D eigenvalue weighted by atomic mass is 32.1. The Morgan fingerprint density at radius 1 is 1.38 bits per heavy atom. The number of aromatic nitrogens is 3. The molecule has 7 nitrogen and oxygen atoms in total. The summed E-state index contributed by atoms with van der Waals surface area (Å²) in [6.07, 6.45) is 2.74. The third-order valence-corrected chi connectivity index (χ3v) is 6.29. The van der Waals surface area contributed by atoms with Gasteiger partial charge in [0, 0.05) is 44.1 Å². The molecule has 0 aliphatic carbocycles. The van der Waals surface area contributed by atoms with Crippen LogP contribution in [0.4, 0.5) is 5.13 Å². The van der Waals surface area contributed by atoms with Gasteiger partial charge in [0.2, 0.25) is 5.13 Å². The lowest BCUT2D eigenvalue weighted by molar-refractivity contribution is 0.100. The second-order valence-electron chi connectivity index (χ2n) is 5.83. The molecule has 2 aromatic rings. The van der Waals surface area contributed by atoms with E-state index in [0.717, 1.165) is 54.0 Å². The normalized spacial score (nSPS) is 15.8. The molecule has 3 rings (SSSR count). The lowest BCUT2D eigenvalue weighted by atomic mass is 9.98. The fourth-order valence-corrected chi connectivity index (χ4v) is 4.66. The van der Waals surface area contributed by atoms with Crippen LogP contribution >= 0.6 is 22.9 Å². The highest BCUT2D eigenvalue weighted by molar-refractivity contribution is 7.13. The highest BCUT2D eigenvalue weighted by Gasteiger charge is 2.26. The van der Waals surface area contributed by atoms with Crippen LogP contribution in [0.15, 0.2) is 0 Å². The van der Waals surface area contributed by atoms with Crippen LogP contribution < -0.4 is 10.6 Å². The van der Waals surface area contributed by atoms with Gasteiger partial charge in [0.25, 0.3) is 5.91 Å². The van der Waals surface area contributed by atoms with Gasteiger partial charge in [0.05, 0.1) is 17.3 Å². The number of amides is 1. The number of aryl methyl sites for hydroxylation is 1. The minimum absolute atomic E-state index is 0.383. The second-order valence-corrected chi connectivity index (χ2v) is 7.59. The van der Waals surface area contributed by atoms with Crippen LogP contribution in [-0.4, -0.2) is 47.1 Å². The van der Waals surface area contributed by atoms with Crippen molar-refractivity contribution in [1.29, 1.82) is 0 Å². The van der Waals surface area contributed by atoms with Crippen molar-refractivity contribution in [3.8, 4) is 0 Å². The molecule has 3 heterocycles. The Kier molecular flexibility index (Phi) is 5.42. The molecule has 1 amide bonds. The zero-order chi connectivity index (χ0) is 17.1. The first-order valence-electron chi connectivity index (χ1n) is 7.92. The average Bonchev–Trinajstić information content (AvgIpc) is 3.20. The zero-order valence-electron chi connectivity index (χ0n) is 13.8. The maximum Gasteiger partial charge on any atom is 0.260 e. The van der Waals surface area contributed by atoms with Crippen LogP contribution in [0.25, 0.3) is 0 Å². The molecule has 1 aliphatic heterocycles. The van der Waals surface area contributed by atoms with E-state index in [1.54, 1.807) is 7.11 Å². The first kappa shape index (κ1) is 17.2. The van der Waals surface area contributed by atoms with Crippen molar-refractivity contribution >= 4 is 33.9 Å². The van der Waals surface area contributed by atoms with Crippen molar-refractivity contribution in [3.63, 3.8) is 0 Å². The molecule has 2 N–H and O–H groups in total. The Balaban J connectivity index is 1.60. The Bertz CT molecular complexity index is 707. The predicted molar refractivity (Wildman–Crippen MR) is 95.0 cm³/mol. The fourth-order valence-electron chi connectivity index (χ4n) is 2.81. The molecule has 0 bridgehead atoms. The quantitative estimate of drug-likeness (QED) is 0.839. The van der Waals surface area contributed by atoms with Gasteiger partial charge in [0.15, 0.2) is 0 Å². The summed E-state index contributed by atoms with van der Waals surface area (Å²) in [7, 11) is 1.68. The number of hydrogen-bond donors (Lipinski definition) is 1. The van der Waals surface area contributed by atoms with Crippen molar-refractivity contribution < 1.29 is 9.53 Å². The number of anilines is 1. The summed E-state index contributed by atoms with van der Waals surface area (Å²) in [5, 5.41) is 2.01. The summed E-state index contributed by atoms with van der Waals surface area (Å²) >= 11 is 2.89. The minimum atomic E-state index is -0.383. The first-order valence-corrected chi connectivity index (χ1v) is 9.51. The molecule has 1 fully saturated rings. The average molecular weight is 368 g/mol. The molecule has 0 atom stereocenters. The van der Waals surface area contributed by atoms with Gasteiger partial charge < -0.3 is 15.4 Å². The van der Waals surface area contributed by atoms with Crippen molar-refractivity contribution in [1.82, 2.24) is 14.3 Å². The van der Waals surface area contributed by atoms with Crippen molar-refractivity contribution in [2.24, 2.45) is 5.73 Å². The van der Waals surface area contributed by atoms with E-state index in [9.17, 15) is 4.79 Å². The molecule has 0 aromatic carbocycles. The fraction of sp³-hybridized carbons (Fsp3) is 0.600. The van der Waals surface area contributed by atoms with Gasteiger partial charge in [-0.1, -0.05) is 0 Å². The Labute approximate surface area is 149 Å². The lowest BCUT2D eigenvalue weighted by Gasteiger charge is -2.30. The summed E-state index contributed by atoms with van der Waals surface area (Å²) in [6, 6.07) is 0. The maximum absolute atomic E-state index is 11.4. The molecule has 130 valence electrons. The van der Waals surface area contributed by atoms with Crippen LogP contribution in [0.2, 0.25) is 0 Å². The lowest BCUT2D eigenvalue weighted by Crippen LogP contribution is -2.32. The summed E-state index contributed by atoms with van der Waals surface area (Å²) < 4.78 is 9.45. The van der Waals surface area contributed by atoms with Gasteiger partial charge in [-0.3, -0.25) is 4.79 Å². The Morgan fingerprint density at radius 2 is 2.12 bits per heavy atom. The number of piperidine rings is 1. The van der Waals surface area contributed by atoms with Crippen LogP contribution in [0.1, 0.15) is 45.0 Å². The van der Waals surface area contributed by atoms with E-state index in [1.807, 2.05) is 6.92 Å². The third kappa shape index (κ3) is 3.73. The molecule has 0 saturated carbocycles. The molecule has 0 unspecified atom stereocenters. The number of primary amides is 1. The molecule has 1 aliphatic rings. The van der Waals surface area contributed by atoms with Crippen molar-refractivity contribution in [3.05, 3.63) is 21.4 Å². The van der Waals surface area contributed by atoms with E-state index in [-0.39, 0.29) is 5.91 Å². The molecule has 0 radical (unpaired) electrons. The Hall–Kier alpha value is -1.58. The Morgan fingerprint density at radius 3 is 2.75 bits per heavy atom. The molecule has 1 saturated heterocycles. The van der Waals surface area contributed by atoms with E-state index in [1.165, 1.54) is 22.9 Å². The van der Waals surface area contributed by atoms with E-state index < -0.39 is 0 Å². The second kappa shape index (κ2) is 7.54. The number of ether oxygens (including phenoxy) is 1. The molecule has 2 aromatic heterocycles. The van der Waals surface area contributed by atoms with E-state index in [0.29, 0.717) is 17.4 Å². The van der Waals surface area contributed by atoms with Crippen LogP contribution in [0.5, 0.6) is 0 Å². The van der Waals surface area contributed by atoms with Gasteiger partial charge in [-0.05, 0) is 19.8 Å². The highest BCUT2D eigenvalue weighted by Crippen LogP contribution is 2.34. The molecule has 9 heteroatoms. The topological polar surface area (TPSA) is 94.2 Å². The predicted octanol–water partition coefficient (Wildman–Crippen LogP) is 1.97. The maximum atomic E-state index is 11.4. The third-order valence-electron chi connectivity index (χ3n) is 4.14. The number of methoxy groups -OCH3 is 1. The summed E-state index contributed by atoms with van der Waals surface area (Å²) in [5.41, 5.74) is 6.14. The smallest absolute Gasteiger partial charge is 0.260 e. The van der Waals surface area contributed by atoms with Gasteiger partial charge in [-0.2, -0.15) is 4.37 Å². The van der Waals surface area contributed by atoms with Crippen molar-refractivity contribution in [2.45, 2.75) is 32.1 Å². The van der Waals surface area contributed by atoms with Gasteiger partial charge in [-0.25, -0.2) is 9.97 Å². The van der Waals surface area contributed by atoms with Crippen LogP contribution in [-0.2, 0) is 11.2 Å². The minimum Gasteiger partial charge on any atom is -0.384 e. The SMILES string of the molecule is COCCc1nsc(N2CCC(c3nc(C)c(C(N)=O)s3)CC2)n1. The van der Waals surface area contributed by atoms with Gasteiger partial charge in [0.1, 0.15) is 10.7 Å². The van der Waals surface area contributed by atoms with E-state index in [2.05, 4.69) is 19.2 Å². The molecular weight excluding hydrogens is 346 g/mol. The number of rotatable bonds is 6. The number of hydrogen-bond acceptors (Lipinski definition) is 8. The number of nitrogens with zero attached hydrogens (tertiary/aromatic N) is 4. The molecule has 0 spiro atoms. The number of nitrogens with two attached hydrogens (primary N) is 1. The number of carbonyl (C=O) groups excluding carboxylic acids is 1. The zero-order valence-corrected chi connectivity index (χ0v) is 15.5. The van der Waals surface area contributed by atoms with Crippen LogP contribution in [0.3, 0.4) is 0 Å². The number of carbonyl (C=O) groups is 1. The largest absolute Gasteiger partial charge is 0.384 e. The standard InChI is InChI=1S/C15H21N5O2S2/c1-9-12(13(16)21)23-14(17-9)10-3-6-20(7-4-10)15-18-11(19-24-15)5-8-22-2/h10H,3-8H2,1-2H3,(H2,16,21). The summed E-state index contributed by atoms with van der Waals surface area (Å²) in [4.78, 5) is 23.4. The summed E-state index contributed by atoms with van der Waals surface area (Å²) in [6.45, 7) is 4.34.